The van der Waals surface area contributed by atoms with E-state index in [2.05, 4.69) is 64.3 Å². The third-order valence-electron chi connectivity index (χ3n) is 7.02. The maximum Gasteiger partial charge on any atom is 0.251 e. The minimum atomic E-state index is -0.0935. The third kappa shape index (κ3) is 7.22. The number of nitrogens with zero attached hydrogens (tertiary/aromatic N) is 5. The molecule has 0 aliphatic carbocycles. The summed E-state index contributed by atoms with van der Waals surface area (Å²) in [5.74, 6) is 1.69. The van der Waals surface area contributed by atoms with Crippen molar-refractivity contribution >= 4 is 23.5 Å². The number of piperazine rings is 1. The highest BCUT2D eigenvalue weighted by molar-refractivity contribution is 7.98. The smallest absolute Gasteiger partial charge is 0.251 e. The van der Waals surface area contributed by atoms with E-state index in [4.69, 9.17) is 9.97 Å². The van der Waals surface area contributed by atoms with Crippen LogP contribution in [0.4, 0.5) is 5.82 Å². The second kappa shape index (κ2) is 12.9. The molecule has 39 heavy (non-hydrogen) atoms. The molecular weight excluding hydrogens is 504 g/mol. The topological polar surface area (TPSA) is 74.2 Å². The van der Waals surface area contributed by atoms with Crippen molar-refractivity contribution in [3.63, 3.8) is 0 Å². The standard InChI is InChI=1S/C31H34N6OS/c1-23-24(2)34-31(35-29(23)37-17-15-36(16-18-37)21-25-7-4-3-5-8-25)39-22-26-10-12-28(13-11-26)30(38)33-20-27-9-6-14-32-19-27/h3-14,19H,15-18,20-22H2,1-2H3,(H,33,38). The minimum Gasteiger partial charge on any atom is -0.354 e. The summed E-state index contributed by atoms with van der Waals surface area (Å²) in [6, 6.07) is 22.2. The fraction of sp³-hybridized carbons (Fsp3) is 0.290. The van der Waals surface area contributed by atoms with Gasteiger partial charge in [-0.2, -0.15) is 0 Å². The van der Waals surface area contributed by atoms with Crippen LogP contribution in [0.25, 0.3) is 0 Å². The number of hydrogen-bond acceptors (Lipinski definition) is 7. The summed E-state index contributed by atoms with van der Waals surface area (Å²) >= 11 is 1.63. The molecule has 2 aromatic heterocycles. The number of aromatic nitrogens is 3. The number of carbonyl (C=O) groups is 1. The summed E-state index contributed by atoms with van der Waals surface area (Å²) < 4.78 is 0. The van der Waals surface area contributed by atoms with Gasteiger partial charge in [0.1, 0.15) is 5.82 Å². The Morgan fingerprint density at radius 2 is 1.62 bits per heavy atom. The molecule has 0 spiro atoms. The quantitative estimate of drug-likeness (QED) is 0.237. The molecule has 0 unspecified atom stereocenters. The number of aryl methyl sites for hydroxylation is 1. The summed E-state index contributed by atoms with van der Waals surface area (Å²) in [5.41, 5.74) is 6.27. The van der Waals surface area contributed by atoms with Crippen LogP contribution in [-0.4, -0.2) is 51.9 Å². The average Bonchev–Trinajstić information content (AvgIpc) is 2.98. The summed E-state index contributed by atoms with van der Waals surface area (Å²) in [6.07, 6.45) is 3.48. The molecule has 0 radical (unpaired) electrons. The second-order valence-electron chi connectivity index (χ2n) is 9.82. The van der Waals surface area contributed by atoms with Crippen molar-refractivity contribution in [1.29, 1.82) is 0 Å². The van der Waals surface area contributed by atoms with Crippen LogP contribution >= 0.6 is 11.8 Å². The Labute approximate surface area is 234 Å². The van der Waals surface area contributed by atoms with Crippen molar-refractivity contribution in [2.24, 2.45) is 0 Å². The van der Waals surface area contributed by atoms with Crippen molar-refractivity contribution in [2.75, 3.05) is 31.1 Å². The molecule has 0 saturated carbocycles. The maximum atomic E-state index is 12.5. The number of carbonyl (C=O) groups excluding carboxylic acids is 1. The van der Waals surface area contributed by atoms with E-state index in [1.165, 1.54) is 5.56 Å². The van der Waals surface area contributed by atoms with E-state index in [0.717, 1.165) is 71.8 Å². The average molecular weight is 539 g/mol. The fourth-order valence-corrected chi connectivity index (χ4v) is 5.45. The molecule has 7 nitrogen and oxygen atoms in total. The summed E-state index contributed by atoms with van der Waals surface area (Å²) in [7, 11) is 0. The van der Waals surface area contributed by atoms with Crippen molar-refractivity contribution in [3.05, 3.63) is 113 Å². The van der Waals surface area contributed by atoms with Crippen LogP contribution in [0.3, 0.4) is 0 Å². The first-order valence-electron chi connectivity index (χ1n) is 13.3. The summed E-state index contributed by atoms with van der Waals surface area (Å²) in [5, 5.41) is 3.73. The third-order valence-corrected chi connectivity index (χ3v) is 7.94. The lowest BCUT2D eigenvalue weighted by Gasteiger charge is -2.36. The van der Waals surface area contributed by atoms with Gasteiger partial charge in [-0.25, -0.2) is 9.97 Å². The van der Waals surface area contributed by atoms with Gasteiger partial charge in [0, 0.05) is 74.2 Å². The molecule has 1 fully saturated rings. The first kappa shape index (κ1) is 26.8. The highest BCUT2D eigenvalue weighted by Crippen LogP contribution is 2.27. The predicted molar refractivity (Wildman–Crippen MR) is 157 cm³/mol. The maximum absolute atomic E-state index is 12.5. The van der Waals surface area contributed by atoms with Gasteiger partial charge < -0.3 is 10.2 Å². The van der Waals surface area contributed by atoms with E-state index < -0.39 is 0 Å². The molecule has 5 rings (SSSR count). The van der Waals surface area contributed by atoms with Gasteiger partial charge >= 0.3 is 0 Å². The van der Waals surface area contributed by atoms with E-state index in [-0.39, 0.29) is 5.91 Å². The normalized spacial score (nSPS) is 13.8. The van der Waals surface area contributed by atoms with Crippen LogP contribution in [0, 0.1) is 13.8 Å². The van der Waals surface area contributed by atoms with E-state index in [9.17, 15) is 4.79 Å². The van der Waals surface area contributed by atoms with Gasteiger partial charge in [0.15, 0.2) is 5.16 Å². The molecule has 4 aromatic rings. The summed E-state index contributed by atoms with van der Waals surface area (Å²) in [6.45, 7) is 9.57. The molecule has 8 heteroatoms. The SMILES string of the molecule is Cc1nc(SCc2ccc(C(=O)NCc3cccnc3)cc2)nc(N2CCN(Cc3ccccc3)CC2)c1C. The van der Waals surface area contributed by atoms with Gasteiger partial charge in [-0.3, -0.25) is 14.7 Å². The Morgan fingerprint density at radius 1 is 0.872 bits per heavy atom. The number of pyridine rings is 1. The lowest BCUT2D eigenvalue weighted by atomic mass is 10.1. The Balaban J connectivity index is 1.15. The first-order chi connectivity index (χ1) is 19.0. The van der Waals surface area contributed by atoms with E-state index in [1.807, 2.05) is 36.4 Å². The Kier molecular flexibility index (Phi) is 8.85. The van der Waals surface area contributed by atoms with Gasteiger partial charge in [-0.1, -0.05) is 60.3 Å². The van der Waals surface area contributed by atoms with Crippen LogP contribution < -0.4 is 10.2 Å². The van der Waals surface area contributed by atoms with Crippen molar-refractivity contribution in [1.82, 2.24) is 25.2 Å². The fourth-order valence-electron chi connectivity index (χ4n) is 4.61. The van der Waals surface area contributed by atoms with Crippen molar-refractivity contribution < 1.29 is 4.79 Å². The second-order valence-corrected chi connectivity index (χ2v) is 10.8. The van der Waals surface area contributed by atoms with Crippen molar-refractivity contribution in [2.45, 2.75) is 37.8 Å². The highest BCUT2D eigenvalue weighted by atomic mass is 32.2. The molecule has 0 atom stereocenters. The minimum absolute atomic E-state index is 0.0935. The molecule has 1 saturated heterocycles. The summed E-state index contributed by atoms with van der Waals surface area (Å²) in [4.78, 5) is 31.2. The van der Waals surface area contributed by atoms with E-state index in [0.29, 0.717) is 12.1 Å². The van der Waals surface area contributed by atoms with Crippen molar-refractivity contribution in [3.8, 4) is 0 Å². The van der Waals surface area contributed by atoms with Gasteiger partial charge in [-0.15, -0.1) is 0 Å². The Morgan fingerprint density at radius 3 is 2.33 bits per heavy atom. The molecule has 2 aromatic carbocycles. The van der Waals surface area contributed by atoms with E-state index in [1.54, 1.807) is 24.2 Å². The van der Waals surface area contributed by atoms with Crippen LogP contribution in [0.2, 0.25) is 0 Å². The number of anilines is 1. The van der Waals surface area contributed by atoms with Gasteiger partial charge in [-0.05, 0) is 48.7 Å². The molecule has 1 aliphatic rings. The Bertz CT molecular complexity index is 1370. The zero-order valence-corrected chi connectivity index (χ0v) is 23.3. The number of nitrogens with one attached hydrogen (secondary N) is 1. The number of hydrogen-bond donors (Lipinski definition) is 1. The van der Waals surface area contributed by atoms with E-state index >= 15 is 0 Å². The Hall–Kier alpha value is -3.75. The van der Waals surface area contributed by atoms with Crippen LogP contribution in [0.1, 0.15) is 38.3 Å². The molecule has 3 heterocycles. The first-order valence-corrected chi connectivity index (χ1v) is 14.3. The lowest BCUT2D eigenvalue weighted by Crippen LogP contribution is -2.46. The molecule has 1 aliphatic heterocycles. The van der Waals surface area contributed by atoms with Crippen LogP contribution in [-0.2, 0) is 18.8 Å². The number of thioether (sulfide) groups is 1. The molecule has 1 N–H and O–H groups in total. The predicted octanol–water partition coefficient (Wildman–Crippen LogP) is 5.03. The van der Waals surface area contributed by atoms with Crippen LogP contribution in [0.15, 0.2) is 84.3 Å². The van der Waals surface area contributed by atoms with Gasteiger partial charge in [0.25, 0.3) is 5.91 Å². The monoisotopic (exact) mass is 538 g/mol. The number of benzene rings is 2. The van der Waals surface area contributed by atoms with Gasteiger partial charge in [0.2, 0.25) is 0 Å². The van der Waals surface area contributed by atoms with Crippen LogP contribution in [0.5, 0.6) is 0 Å². The zero-order valence-electron chi connectivity index (χ0n) is 22.5. The molecular formula is C31H34N6OS. The molecule has 0 bridgehead atoms. The highest BCUT2D eigenvalue weighted by Gasteiger charge is 2.21. The van der Waals surface area contributed by atoms with Gasteiger partial charge in [0.05, 0.1) is 0 Å². The zero-order chi connectivity index (χ0) is 27.0. The number of rotatable bonds is 9. The lowest BCUT2D eigenvalue weighted by molar-refractivity contribution is 0.0951. The number of amides is 1. The largest absolute Gasteiger partial charge is 0.354 e. The molecule has 200 valence electrons. The molecule has 1 amide bonds.